The zero-order chi connectivity index (χ0) is 20.5. The molecule has 1 aromatic heterocycles. The number of pyridine rings is 1. The third kappa shape index (κ3) is 3.48. The first-order valence-corrected chi connectivity index (χ1v) is 10.6. The van der Waals surface area contributed by atoms with Gasteiger partial charge in [0.25, 0.3) is 5.91 Å². The molecule has 1 atom stereocenters. The van der Waals surface area contributed by atoms with Gasteiger partial charge in [-0.2, -0.15) is 0 Å². The Kier molecular flexibility index (Phi) is 4.80. The van der Waals surface area contributed by atoms with Gasteiger partial charge in [0.15, 0.2) is 11.3 Å². The van der Waals surface area contributed by atoms with Crippen LogP contribution < -0.4 is 15.9 Å². The van der Waals surface area contributed by atoms with Crippen LogP contribution in [0.5, 0.6) is 0 Å². The third-order valence-corrected chi connectivity index (χ3v) is 5.84. The van der Waals surface area contributed by atoms with Crippen molar-refractivity contribution < 1.29 is 4.79 Å². The molecule has 0 radical (unpaired) electrons. The molecule has 0 spiro atoms. The van der Waals surface area contributed by atoms with Gasteiger partial charge in [0, 0.05) is 16.7 Å². The molecule has 30 heavy (non-hydrogen) atoms. The monoisotopic (exact) mass is 413 g/mol. The minimum absolute atomic E-state index is 0.180. The van der Waals surface area contributed by atoms with Gasteiger partial charge in [0.2, 0.25) is 0 Å². The lowest BCUT2D eigenvalue weighted by atomic mass is 10.1. The van der Waals surface area contributed by atoms with Gasteiger partial charge in [-0.05, 0) is 30.7 Å². The summed E-state index contributed by atoms with van der Waals surface area (Å²) in [7, 11) is 0. The average molecular weight is 414 g/mol. The molecular formula is C23H19N5OS. The van der Waals surface area contributed by atoms with Crippen LogP contribution in [0.3, 0.4) is 0 Å². The van der Waals surface area contributed by atoms with E-state index < -0.39 is 6.17 Å². The molecule has 6 nitrogen and oxygen atoms in total. The summed E-state index contributed by atoms with van der Waals surface area (Å²) < 4.78 is 0. The molecule has 1 amide bonds. The van der Waals surface area contributed by atoms with Crippen LogP contribution in [0.1, 0.15) is 23.1 Å². The quantitative estimate of drug-likeness (QED) is 0.716. The van der Waals surface area contributed by atoms with Gasteiger partial charge in [-0.1, -0.05) is 66.4 Å². The zero-order valence-electron chi connectivity index (χ0n) is 16.3. The van der Waals surface area contributed by atoms with Crippen LogP contribution in [-0.2, 0) is 10.5 Å². The van der Waals surface area contributed by atoms with Crippen molar-refractivity contribution in [2.45, 2.75) is 18.8 Å². The predicted molar refractivity (Wildman–Crippen MR) is 117 cm³/mol. The third-order valence-electron chi connectivity index (χ3n) is 4.91. The Morgan fingerprint density at radius 2 is 1.80 bits per heavy atom. The van der Waals surface area contributed by atoms with Crippen LogP contribution in [0.2, 0.25) is 0 Å². The minimum atomic E-state index is -0.492. The Hall–Kier alpha value is -3.45. The van der Waals surface area contributed by atoms with E-state index in [4.69, 9.17) is 10.1 Å². The predicted octanol–water partition coefficient (Wildman–Crippen LogP) is 2.47. The maximum atomic E-state index is 13.1. The Morgan fingerprint density at radius 3 is 2.63 bits per heavy atom. The molecule has 148 valence electrons. The summed E-state index contributed by atoms with van der Waals surface area (Å²) in [5.41, 5.74) is 3.32. The highest BCUT2D eigenvalue weighted by atomic mass is 32.2. The van der Waals surface area contributed by atoms with Crippen molar-refractivity contribution >= 4 is 28.5 Å². The summed E-state index contributed by atoms with van der Waals surface area (Å²) in [6.45, 7) is 1.94. The number of aromatic nitrogens is 1. The standard InChI is InChI=1S/C23H19N5OS/c1-15-8-7-13-19(24-15)21-25-18-12-6-5-11-17(18)20-22(29)26-23(27-28(20)21)30-14-16-9-3-2-4-10-16/h2-13,21H,14H2,1H3,(H,26,27,29)/t21-/m1/s1. The number of amidine groups is 1. The first kappa shape index (κ1) is 18.6. The van der Waals surface area contributed by atoms with E-state index in [1.165, 1.54) is 17.3 Å². The van der Waals surface area contributed by atoms with Crippen molar-refractivity contribution in [3.63, 3.8) is 0 Å². The number of hydrogen-bond acceptors (Lipinski definition) is 6. The van der Waals surface area contributed by atoms with E-state index in [1.807, 2.05) is 67.6 Å². The van der Waals surface area contributed by atoms with Crippen LogP contribution >= 0.6 is 11.8 Å². The summed E-state index contributed by atoms with van der Waals surface area (Å²) in [6.07, 6.45) is -0.492. The van der Waals surface area contributed by atoms with Crippen molar-refractivity contribution in [3.8, 4) is 0 Å². The molecular weight excluding hydrogens is 394 g/mol. The molecule has 3 aromatic rings. The van der Waals surface area contributed by atoms with Gasteiger partial charge in [-0.25, -0.2) is 5.01 Å². The van der Waals surface area contributed by atoms with E-state index in [1.54, 1.807) is 5.01 Å². The molecule has 0 saturated carbocycles. The summed E-state index contributed by atoms with van der Waals surface area (Å²) in [5.74, 6) is 0.532. The second-order valence-electron chi connectivity index (χ2n) is 7.05. The summed E-state index contributed by atoms with van der Waals surface area (Å²) in [6, 6.07) is 23.6. The Bertz CT molecular complexity index is 1270. The van der Waals surface area contributed by atoms with E-state index in [-0.39, 0.29) is 5.91 Å². The second-order valence-corrected chi connectivity index (χ2v) is 8.01. The number of amides is 1. The Balaban J connectivity index is 1.58. The molecule has 2 aliphatic heterocycles. The van der Waals surface area contributed by atoms with Crippen LogP contribution in [0.15, 0.2) is 82.9 Å². The maximum Gasteiger partial charge on any atom is 0.276 e. The smallest absolute Gasteiger partial charge is 0.276 e. The van der Waals surface area contributed by atoms with E-state index in [9.17, 15) is 4.79 Å². The Labute approximate surface area is 178 Å². The van der Waals surface area contributed by atoms with Gasteiger partial charge in [0.05, 0.1) is 11.1 Å². The van der Waals surface area contributed by atoms with E-state index in [0.29, 0.717) is 16.6 Å². The number of thioether (sulfide) groups is 1. The van der Waals surface area contributed by atoms with Gasteiger partial charge >= 0.3 is 0 Å². The maximum absolute atomic E-state index is 13.1. The summed E-state index contributed by atoms with van der Waals surface area (Å²) >= 11 is 1.49. The number of hydrazone groups is 1. The molecule has 0 unspecified atom stereocenters. The molecule has 3 heterocycles. The number of carbonyl (C=O) groups is 1. The van der Waals surface area contributed by atoms with Gasteiger partial charge in [-0.15, -0.1) is 5.10 Å². The van der Waals surface area contributed by atoms with Gasteiger partial charge in [0.1, 0.15) is 5.70 Å². The van der Waals surface area contributed by atoms with Crippen molar-refractivity contribution in [1.29, 1.82) is 0 Å². The minimum Gasteiger partial charge on any atom is -0.298 e. The lowest BCUT2D eigenvalue weighted by Gasteiger charge is -2.33. The number of nitrogens with zero attached hydrogens (tertiary/aromatic N) is 4. The fourth-order valence-corrected chi connectivity index (χ4v) is 4.33. The number of nitrogens with one attached hydrogen (secondary N) is 1. The fraction of sp³-hybridized carbons (Fsp3) is 0.130. The summed E-state index contributed by atoms with van der Waals surface area (Å²) in [5, 5.41) is 11.5. The van der Waals surface area contributed by atoms with Crippen LogP contribution in [0.4, 0.5) is 0 Å². The second kappa shape index (κ2) is 7.76. The molecule has 7 heteroatoms. The summed E-state index contributed by atoms with van der Waals surface area (Å²) in [4.78, 5) is 22.6. The largest absolute Gasteiger partial charge is 0.298 e. The molecule has 1 N–H and O–H groups in total. The van der Waals surface area contributed by atoms with E-state index in [0.717, 1.165) is 22.0 Å². The van der Waals surface area contributed by atoms with E-state index in [2.05, 4.69) is 22.4 Å². The SMILES string of the molecule is Cc1cccc([C@@H]2N=c3ccccc3=C3C(=O)NC(SCc4ccccc4)=NN32)n1. The molecule has 0 aliphatic carbocycles. The van der Waals surface area contributed by atoms with Crippen molar-refractivity contribution in [1.82, 2.24) is 15.3 Å². The van der Waals surface area contributed by atoms with Crippen molar-refractivity contribution in [2.75, 3.05) is 0 Å². The molecule has 2 aromatic carbocycles. The zero-order valence-corrected chi connectivity index (χ0v) is 17.1. The number of fused-ring (bicyclic) bond motifs is 2. The first-order valence-electron chi connectivity index (χ1n) is 9.66. The highest BCUT2D eigenvalue weighted by Crippen LogP contribution is 2.30. The lowest BCUT2D eigenvalue weighted by molar-refractivity contribution is -0.116. The molecule has 0 fully saturated rings. The Morgan fingerprint density at radius 1 is 1.00 bits per heavy atom. The molecule has 0 saturated heterocycles. The number of benzene rings is 2. The lowest BCUT2D eigenvalue weighted by Crippen LogP contribution is -2.50. The topological polar surface area (TPSA) is 70.0 Å². The van der Waals surface area contributed by atoms with Crippen LogP contribution in [0, 0.1) is 6.92 Å². The highest BCUT2D eigenvalue weighted by molar-refractivity contribution is 8.13. The number of hydrogen-bond donors (Lipinski definition) is 1. The number of carbonyl (C=O) groups excluding carboxylic acids is 1. The van der Waals surface area contributed by atoms with Gasteiger partial charge in [-0.3, -0.25) is 20.1 Å². The average Bonchev–Trinajstić information content (AvgIpc) is 2.77. The van der Waals surface area contributed by atoms with Crippen molar-refractivity contribution in [2.24, 2.45) is 10.1 Å². The van der Waals surface area contributed by atoms with Crippen molar-refractivity contribution in [3.05, 3.63) is 100 Å². The van der Waals surface area contributed by atoms with Gasteiger partial charge < -0.3 is 0 Å². The van der Waals surface area contributed by atoms with Crippen LogP contribution in [-0.4, -0.2) is 21.1 Å². The molecule has 5 rings (SSSR count). The molecule has 0 bridgehead atoms. The molecule has 2 aliphatic rings. The van der Waals surface area contributed by atoms with E-state index >= 15 is 0 Å². The fourth-order valence-electron chi connectivity index (χ4n) is 3.52. The number of aryl methyl sites for hydroxylation is 1. The number of para-hydroxylation sites is 1. The highest BCUT2D eigenvalue weighted by Gasteiger charge is 2.35. The van der Waals surface area contributed by atoms with Crippen LogP contribution in [0.25, 0.3) is 5.70 Å². The first-order chi connectivity index (χ1) is 14.7. The number of rotatable bonds is 3. The normalized spacial score (nSPS) is 17.4.